The number of nitrogens with one attached hydrogen (secondary N) is 1. The molecule has 7 heteroatoms. The van der Waals surface area contributed by atoms with Gasteiger partial charge in [0.25, 0.3) is 0 Å². The molecule has 2 aromatic rings. The van der Waals surface area contributed by atoms with Gasteiger partial charge < -0.3 is 19.5 Å². The molecular formula is C18H22N4O3. The van der Waals surface area contributed by atoms with Crippen LogP contribution in [0.15, 0.2) is 18.2 Å². The third kappa shape index (κ3) is 2.67. The predicted molar refractivity (Wildman–Crippen MR) is 90.3 cm³/mol. The minimum Gasteiger partial charge on any atom is -0.454 e. The molecule has 5 rings (SSSR count). The summed E-state index contributed by atoms with van der Waals surface area (Å²) in [5.74, 6) is 3.75. The van der Waals surface area contributed by atoms with Crippen molar-refractivity contribution in [1.29, 1.82) is 0 Å². The van der Waals surface area contributed by atoms with Gasteiger partial charge in [0.1, 0.15) is 11.6 Å². The van der Waals surface area contributed by atoms with E-state index in [1.165, 1.54) is 0 Å². The molecule has 1 N–H and O–H groups in total. The first-order chi connectivity index (χ1) is 12.3. The van der Waals surface area contributed by atoms with E-state index in [0.29, 0.717) is 18.1 Å². The maximum atomic E-state index is 5.90. The molecule has 2 fully saturated rings. The van der Waals surface area contributed by atoms with E-state index >= 15 is 0 Å². The molecule has 0 radical (unpaired) electrons. The Kier molecular flexibility index (Phi) is 3.64. The third-order valence-corrected chi connectivity index (χ3v) is 5.33. The molecule has 1 aliphatic carbocycles. The van der Waals surface area contributed by atoms with Crippen LogP contribution in [0.5, 0.6) is 11.5 Å². The highest BCUT2D eigenvalue weighted by Gasteiger charge is 2.35. The summed E-state index contributed by atoms with van der Waals surface area (Å²) in [4.78, 5) is 4.75. The average Bonchev–Trinajstić information content (AvgIpc) is 3.27. The van der Waals surface area contributed by atoms with Crippen molar-refractivity contribution >= 4 is 0 Å². The summed E-state index contributed by atoms with van der Waals surface area (Å²) in [6.45, 7) is 3.97. The van der Waals surface area contributed by atoms with E-state index in [-0.39, 0.29) is 6.79 Å². The van der Waals surface area contributed by atoms with Crippen molar-refractivity contribution in [1.82, 2.24) is 20.1 Å². The molecule has 0 unspecified atom stereocenters. The molecule has 0 spiro atoms. The lowest BCUT2D eigenvalue weighted by Gasteiger charge is -2.39. The van der Waals surface area contributed by atoms with Crippen molar-refractivity contribution < 1.29 is 14.2 Å². The monoisotopic (exact) mass is 342 g/mol. The number of hydrogen-bond acceptors (Lipinski definition) is 6. The molecule has 1 aromatic heterocycles. The number of morpholine rings is 1. The van der Waals surface area contributed by atoms with Crippen LogP contribution >= 0.6 is 0 Å². The normalized spacial score (nSPS) is 28.0. The zero-order valence-electron chi connectivity index (χ0n) is 14.3. The Morgan fingerprint density at radius 2 is 2.12 bits per heavy atom. The predicted octanol–water partition coefficient (Wildman–Crippen LogP) is 1.93. The molecule has 0 bridgehead atoms. The molecule has 2 aliphatic heterocycles. The van der Waals surface area contributed by atoms with Gasteiger partial charge in [-0.1, -0.05) is 0 Å². The van der Waals surface area contributed by atoms with Gasteiger partial charge in [-0.15, -0.1) is 0 Å². The van der Waals surface area contributed by atoms with Gasteiger partial charge in [-0.2, -0.15) is 5.10 Å². The summed E-state index contributed by atoms with van der Waals surface area (Å²) >= 11 is 0. The van der Waals surface area contributed by atoms with Crippen LogP contribution in [0.2, 0.25) is 0 Å². The summed E-state index contributed by atoms with van der Waals surface area (Å²) in [6.07, 6.45) is 3.52. The second-order valence-corrected chi connectivity index (χ2v) is 6.95. The topological polar surface area (TPSA) is 70.4 Å². The van der Waals surface area contributed by atoms with Crippen molar-refractivity contribution in [3.63, 3.8) is 0 Å². The molecule has 1 saturated heterocycles. The molecule has 25 heavy (non-hydrogen) atoms. The Labute approximate surface area is 146 Å². The second kappa shape index (κ2) is 6.00. The van der Waals surface area contributed by atoms with E-state index < -0.39 is 0 Å². The van der Waals surface area contributed by atoms with Crippen LogP contribution in [0, 0.1) is 6.92 Å². The summed E-state index contributed by atoms with van der Waals surface area (Å²) in [6, 6.07) is 6.34. The van der Waals surface area contributed by atoms with Crippen molar-refractivity contribution in [2.45, 2.75) is 44.2 Å². The zero-order chi connectivity index (χ0) is 16.8. The van der Waals surface area contributed by atoms with Crippen molar-refractivity contribution in [2.24, 2.45) is 0 Å². The van der Waals surface area contributed by atoms with Gasteiger partial charge in [0.2, 0.25) is 6.79 Å². The van der Waals surface area contributed by atoms with Crippen LogP contribution in [0.25, 0.3) is 5.69 Å². The lowest BCUT2D eigenvalue weighted by molar-refractivity contribution is -0.0280. The Hall–Kier alpha value is -2.12. The van der Waals surface area contributed by atoms with Crippen molar-refractivity contribution in [3.05, 3.63) is 29.8 Å². The van der Waals surface area contributed by atoms with Crippen molar-refractivity contribution in [2.75, 3.05) is 19.9 Å². The fourth-order valence-corrected chi connectivity index (χ4v) is 4.15. The molecule has 1 aromatic carbocycles. The lowest BCUT2D eigenvalue weighted by atomic mass is 9.82. The number of aryl methyl sites for hydroxylation is 1. The number of rotatable bonds is 2. The van der Waals surface area contributed by atoms with Gasteiger partial charge in [0, 0.05) is 24.6 Å². The number of ether oxygens (including phenoxy) is 3. The van der Waals surface area contributed by atoms with E-state index in [2.05, 4.69) is 10.4 Å². The molecular weight excluding hydrogens is 320 g/mol. The van der Waals surface area contributed by atoms with Gasteiger partial charge in [-0.3, -0.25) is 0 Å². The van der Waals surface area contributed by atoms with Gasteiger partial charge >= 0.3 is 0 Å². The van der Waals surface area contributed by atoms with Crippen LogP contribution in [0.4, 0.5) is 0 Å². The van der Waals surface area contributed by atoms with Crippen LogP contribution in [-0.4, -0.2) is 46.9 Å². The molecule has 132 valence electrons. The molecule has 0 amide bonds. The number of nitrogens with zero attached hydrogens (tertiary/aromatic N) is 3. The highest BCUT2D eigenvalue weighted by molar-refractivity contribution is 5.50. The molecule has 7 nitrogen and oxygen atoms in total. The Morgan fingerprint density at radius 3 is 3.08 bits per heavy atom. The minimum atomic E-state index is 0.277. The standard InChI is InChI=1S/C18H22N4O3/c1-11-20-18(12-2-4-15-14(8-12)19-6-7-23-15)22(21-11)13-3-5-16-17(9-13)25-10-24-16/h3,5,9,12,14-15,19H,2,4,6-8,10H2,1H3/t12-,14+,15+/m0/s1. The van der Waals surface area contributed by atoms with Crippen molar-refractivity contribution in [3.8, 4) is 17.2 Å². The van der Waals surface area contributed by atoms with Gasteiger partial charge in [0.05, 0.1) is 18.4 Å². The largest absolute Gasteiger partial charge is 0.454 e. The second-order valence-electron chi connectivity index (χ2n) is 6.95. The van der Waals surface area contributed by atoms with Gasteiger partial charge in [-0.25, -0.2) is 9.67 Å². The molecule has 3 atom stereocenters. The minimum absolute atomic E-state index is 0.277. The lowest BCUT2D eigenvalue weighted by Crippen LogP contribution is -2.51. The first-order valence-electron chi connectivity index (χ1n) is 8.96. The van der Waals surface area contributed by atoms with E-state index in [1.807, 2.05) is 29.8 Å². The van der Waals surface area contributed by atoms with E-state index in [9.17, 15) is 0 Å². The fraction of sp³-hybridized carbons (Fsp3) is 0.556. The summed E-state index contributed by atoms with van der Waals surface area (Å²) < 4.78 is 18.8. The summed E-state index contributed by atoms with van der Waals surface area (Å²) in [5, 5.41) is 8.24. The SMILES string of the molecule is Cc1nc([C@H]2CC[C@H]3OCCN[C@@H]3C2)n(-c2ccc3c(c2)OCO3)n1. The Balaban J connectivity index is 1.46. The maximum absolute atomic E-state index is 5.90. The third-order valence-electron chi connectivity index (χ3n) is 5.33. The van der Waals surface area contributed by atoms with Crippen LogP contribution in [0.3, 0.4) is 0 Å². The van der Waals surface area contributed by atoms with Gasteiger partial charge in [0.15, 0.2) is 11.5 Å². The summed E-state index contributed by atoms with van der Waals surface area (Å²) in [5.41, 5.74) is 0.967. The smallest absolute Gasteiger partial charge is 0.231 e. The highest BCUT2D eigenvalue weighted by Crippen LogP contribution is 2.37. The molecule has 3 aliphatic rings. The van der Waals surface area contributed by atoms with E-state index in [0.717, 1.165) is 61.2 Å². The first-order valence-corrected chi connectivity index (χ1v) is 8.96. The maximum Gasteiger partial charge on any atom is 0.231 e. The molecule has 3 heterocycles. The Bertz CT molecular complexity index is 791. The van der Waals surface area contributed by atoms with Crippen LogP contribution in [0.1, 0.15) is 36.8 Å². The number of aromatic nitrogens is 3. The van der Waals surface area contributed by atoms with E-state index in [4.69, 9.17) is 19.2 Å². The highest BCUT2D eigenvalue weighted by atomic mass is 16.7. The zero-order valence-corrected chi connectivity index (χ0v) is 14.3. The number of benzene rings is 1. The fourth-order valence-electron chi connectivity index (χ4n) is 4.15. The quantitative estimate of drug-likeness (QED) is 0.899. The Morgan fingerprint density at radius 1 is 1.20 bits per heavy atom. The van der Waals surface area contributed by atoms with Gasteiger partial charge in [-0.05, 0) is 38.3 Å². The first kappa shape index (κ1) is 15.2. The molecule has 1 saturated carbocycles. The summed E-state index contributed by atoms with van der Waals surface area (Å²) in [7, 11) is 0. The number of hydrogen-bond donors (Lipinski definition) is 1. The van der Waals surface area contributed by atoms with E-state index in [1.54, 1.807) is 0 Å². The average molecular weight is 342 g/mol. The van der Waals surface area contributed by atoms with Crippen LogP contribution in [-0.2, 0) is 4.74 Å². The van der Waals surface area contributed by atoms with Crippen LogP contribution < -0.4 is 14.8 Å². The number of fused-ring (bicyclic) bond motifs is 2.